The average molecular weight is 231 g/mol. The molecule has 0 aliphatic heterocycles. The molecular formula is C13H13NO3. The lowest BCUT2D eigenvalue weighted by Crippen LogP contribution is -2.00. The van der Waals surface area contributed by atoms with Crippen LogP contribution in [0.25, 0.3) is 0 Å². The van der Waals surface area contributed by atoms with Crippen molar-refractivity contribution in [2.75, 3.05) is 20.8 Å². The molecule has 0 bridgehead atoms. The number of hydrogen-bond donors (Lipinski definition) is 0. The molecule has 0 radical (unpaired) electrons. The highest BCUT2D eigenvalue weighted by atomic mass is 16.5. The molecule has 88 valence electrons. The van der Waals surface area contributed by atoms with Crippen LogP contribution in [0.3, 0.4) is 0 Å². The number of nitriles is 1. The van der Waals surface area contributed by atoms with Crippen molar-refractivity contribution in [3.63, 3.8) is 0 Å². The molecule has 0 N–H and O–H groups in total. The molecule has 0 heterocycles. The summed E-state index contributed by atoms with van der Waals surface area (Å²) in [6.07, 6.45) is 5.42. The van der Waals surface area contributed by atoms with E-state index in [0.29, 0.717) is 17.2 Å². The van der Waals surface area contributed by atoms with Crippen molar-refractivity contribution in [1.82, 2.24) is 0 Å². The van der Waals surface area contributed by atoms with Crippen molar-refractivity contribution in [3.8, 4) is 35.7 Å². The van der Waals surface area contributed by atoms with Gasteiger partial charge in [0.1, 0.15) is 6.61 Å². The third-order valence-electron chi connectivity index (χ3n) is 2.10. The fourth-order valence-electron chi connectivity index (χ4n) is 1.38. The fourth-order valence-corrected chi connectivity index (χ4v) is 1.38. The quantitative estimate of drug-likeness (QED) is 0.725. The lowest BCUT2D eigenvalue weighted by molar-refractivity contribution is 0.304. The number of nitrogens with zero attached hydrogens (tertiary/aromatic N) is 1. The zero-order valence-electron chi connectivity index (χ0n) is 9.82. The molecule has 1 rings (SSSR count). The fraction of sp³-hybridized carbons (Fsp3) is 0.308. The third kappa shape index (κ3) is 3.06. The smallest absolute Gasteiger partial charge is 0.204 e. The van der Waals surface area contributed by atoms with E-state index >= 15 is 0 Å². The van der Waals surface area contributed by atoms with E-state index < -0.39 is 0 Å². The molecule has 1 aromatic carbocycles. The molecule has 0 fully saturated rings. The van der Waals surface area contributed by atoms with Gasteiger partial charge in [-0.25, -0.2) is 0 Å². The van der Waals surface area contributed by atoms with Gasteiger partial charge >= 0.3 is 0 Å². The molecule has 0 unspecified atom stereocenters. The van der Waals surface area contributed by atoms with Crippen molar-refractivity contribution in [1.29, 1.82) is 5.26 Å². The highest BCUT2D eigenvalue weighted by Crippen LogP contribution is 2.38. The maximum atomic E-state index is 8.67. The lowest BCUT2D eigenvalue weighted by Gasteiger charge is -2.14. The zero-order valence-corrected chi connectivity index (χ0v) is 9.82. The zero-order chi connectivity index (χ0) is 12.7. The summed E-state index contributed by atoms with van der Waals surface area (Å²) in [5.41, 5.74) is 0.800. The van der Waals surface area contributed by atoms with Crippen molar-refractivity contribution in [3.05, 3.63) is 17.7 Å². The molecule has 1 aromatic rings. The average Bonchev–Trinajstić information content (AvgIpc) is 2.36. The van der Waals surface area contributed by atoms with Crippen molar-refractivity contribution < 1.29 is 14.2 Å². The third-order valence-corrected chi connectivity index (χ3v) is 2.10. The highest BCUT2D eigenvalue weighted by molar-refractivity contribution is 5.54. The van der Waals surface area contributed by atoms with E-state index in [1.807, 2.05) is 0 Å². The second kappa shape index (κ2) is 6.30. The Bertz CT molecular complexity index is 444. The molecular weight excluding hydrogens is 218 g/mol. The SMILES string of the molecule is C#CCOc1c(OC)cc(CC#N)cc1OC. The summed E-state index contributed by atoms with van der Waals surface area (Å²) < 4.78 is 15.7. The number of rotatable bonds is 5. The first-order valence-electron chi connectivity index (χ1n) is 4.95. The Morgan fingerprint density at radius 1 is 1.24 bits per heavy atom. The van der Waals surface area contributed by atoms with Crippen LogP contribution in [-0.2, 0) is 6.42 Å². The maximum absolute atomic E-state index is 8.67. The Morgan fingerprint density at radius 2 is 1.82 bits per heavy atom. The first-order chi connectivity index (χ1) is 8.26. The van der Waals surface area contributed by atoms with Gasteiger partial charge in [0.05, 0.1) is 26.7 Å². The summed E-state index contributed by atoms with van der Waals surface area (Å²) in [5, 5.41) is 8.67. The minimum absolute atomic E-state index is 0.129. The molecule has 0 saturated heterocycles. The minimum Gasteiger partial charge on any atom is -0.493 e. The van der Waals surface area contributed by atoms with E-state index in [4.69, 9.17) is 25.9 Å². The molecule has 0 aliphatic rings. The maximum Gasteiger partial charge on any atom is 0.204 e. The topological polar surface area (TPSA) is 51.5 Å². The van der Waals surface area contributed by atoms with Gasteiger partial charge in [-0.15, -0.1) is 6.42 Å². The van der Waals surface area contributed by atoms with E-state index in [9.17, 15) is 0 Å². The van der Waals surface area contributed by atoms with Crippen LogP contribution in [-0.4, -0.2) is 20.8 Å². The molecule has 17 heavy (non-hydrogen) atoms. The molecule has 0 amide bonds. The number of ether oxygens (including phenoxy) is 3. The van der Waals surface area contributed by atoms with Gasteiger partial charge in [-0.05, 0) is 17.7 Å². The molecule has 0 aliphatic carbocycles. The summed E-state index contributed by atoms with van der Waals surface area (Å²) in [6, 6.07) is 5.53. The molecule has 0 aromatic heterocycles. The van der Waals surface area contributed by atoms with E-state index in [-0.39, 0.29) is 13.0 Å². The van der Waals surface area contributed by atoms with Crippen LogP contribution in [0.4, 0.5) is 0 Å². The predicted molar refractivity (Wildman–Crippen MR) is 63.2 cm³/mol. The number of terminal acetylenes is 1. The summed E-state index contributed by atoms with van der Waals surface area (Å²) in [4.78, 5) is 0. The highest BCUT2D eigenvalue weighted by Gasteiger charge is 2.13. The van der Waals surface area contributed by atoms with Gasteiger partial charge < -0.3 is 14.2 Å². The predicted octanol–water partition coefficient (Wildman–Crippen LogP) is 1.78. The Morgan fingerprint density at radius 3 is 2.24 bits per heavy atom. The van der Waals surface area contributed by atoms with Crippen LogP contribution in [0.5, 0.6) is 17.2 Å². The summed E-state index contributed by atoms with van der Waals surface area (Å²) in [5.74, 6) is 3.84. The number of benzene rings is 1. The molecule has 4 heteroatoms. The van der Waals surface area contributed by atoms with Crippen molar-refractivity contribution in [2.24, 2.45) is 0 Å². The Kier molecular flexibility index (Phi) is 4.72. The molecule has 0 spiro atoms. The standard InChI is InChI=1S/C13H13NO3/c1-4-7-17-13-11(15-2)8-10(5-6-14)9-12(13)16-3/h1,8-9H,5,7H2,2-3H3. The van der Waals surface area contributed by atoms with Crippen LogP contribution >= 0.6 is 0 Å². The second-order valence-corrected chi connectivity index (χ2v) is 3.16. The number of hydrogen-bond acceptors (Lipinski definition) is 4. The van der Waals surface area contributed by atoms with E-state index in [1.54, 1.807) is 12.1 Å². The largest absolute Gasteiger partial charge is 0.493 e. The Labute approximate surface area is 101 Å². The number of methoxy groups -OCH3 is 2. The van der Waals surface area contributed by atoms with E-state index in [2.05, 4.69) is 12.0 Å². The van der Waals surface area contributed by atoms with Crippen LogP contribution in [0.2, 0.25) is 0 Å². The van der Waals surface area contributed by atoms with Gasteiger partial charge in [0, 0.05) is 0 Å². The molecule has 0 atom stereocenters. The summed E-state index contributed by atoms with van der Waals surface area (Å²) >= 11 is 0. The van der Waals surface area contributed by atoms with Crippen LogP contribution in [0, 0.1) is 23.7 Å². The van der Waals surface area contributed by atoms with Crippen LogP contribution in [0.15, 0.2) is 12.1 Å². The van der Waals surface area contributed by atoms with Crippen LogP contribution in [0.1, 0.15) is 5.56 Å². The first kappa shape index (κ1) is 12.7. The molecule has 4 nitrogen and oxygen atoms in total. The second-order valence-electron chi connectivity index (χ2n) is 3.16. The van der Waals surface area contributed by atoms with E-state index in [0.717, 1.165) is 5.56 Å². The minimum atomic E-state index is 0.129. The van der Waals surface area contributed by atoms with Gasteiger partial charge in [0.15, 0.2) is 11.5 Å². The van der Waals surface area contributed by atoms with Crippen LogP contribution < -0.4 is 14.2 Å². The van der Waals surface area contributed by atoms with Gasteiger partial charge in [0.25, 0.3) is 0 Å². The summed E-state index contributed by atoms with van der Waals surface area (Å²) in [6.45, 7) is 0.129. The summed E-state index contributed by atoms with van der Waals surface area (Å²) in [7, 11) is 3.04. The van der Waals surface area contributed by atoms with Gasteiger partial charge in [-0.3, -0.25) is 0 Å². The monoisotopic (exact) mass is 231 g/mol. The normalized spacial score (nSPS) is 8.94. The first-order valence-corrected chi connectivity index (χ1v) is 4.95. The van der Waals surface area contributed by atoms with E-state index in [1.165, 1.54) is 14.2 Å². The van der Waals surface area contributed by atoms with Crippen molar-refractivity contribution >= 4 is 0 Å². The lowest BCUT2D eigenvalue weighted by atomic mass is 10.1. The van der Waals surface area contributed by atoms with Crippen molar-refractivity contribution in [2.45, 2.75) is 6.42 Å². The molecule has 0 saturated carbocycles. The Hall–Kier alpha value is -2.33. The van der Waals surface area contributed by atoms with Gasteiger partial charge in [-0.1, -0.05) is 5.92 Å². The van der Waals surface area contributed by atoms with Gasteiger partial charge in [0.2, 0.25) is 5.75 Å². The Balaban J connectivity index is 3.17. The van der Waals surface area contributed by atoms with Gasteiger partial charge in [-0.2, -0.15) is 5.26 Å².